The third kappa shape index (κ3) is 3.53. The van der Waals surface area contributed by atoms with Gasteiger partial charge in [-0.25, -0.2) is 0 Å². The first-order chi connectivity index (χ1) is 10.3. The van der Waals surface area contributed by atoms with Crippen LogP contribution in [0.3, 0.4) is 0 Å². The predicted octanol–water partition coefficient (Wildman–Crippen LogP) is 4.62. The zero-order valence-electron chi connectivity index (χ0n) is 11.7. The predicted molar refractivity (Wildman–Crippen MR) is 87.0 cm³/mol. The lowest BCUT2D eigenvalue weighted by molar-refractivity contribution is 0.0981. The number of rotatable bonds is 6. The maximum atomic E-state index is 12.5. The molecule has 1 atom stereocenters. The molecule has 21 heavy (non-hydrogen) atoms. The average molecular weight is 345 g/mol. The number of alkyl halides is 1. The van der Waals surface area contributed by atoms with Crippen LogP contribution in [0.5, 0.6) is 5.75 Å². The molecule has 0 spiro atoms. The van der Waals surface area contributed by atoms with Crippen LogP contribution in [-0.2, 0) is 6.61 Å². The number of halogens is 1. The Kier molecular flexibility index (Phi) is 4.39. The summed E-state index contributed by atoms with van der Waals surface area (Å²) in [6, 6.07) is 17.5. The lowest BCUT2D eigenvalue weighted by atomic mass is 10.0. The molecule has 108 valence electrons. The minimum absolute atomic E-state index is 0.0843. The number of ketones is 1. The van der Waals surface area contributed by atoms with Crippen LogP contribution in [0.25, 0.3) is 0 Å². The highest BCUT2D eigenvalue weighted by molar-refractivity contribution is 9.10. The van der Waals surface area contributed by atoms with Crippen LogP contribution in [0.1, 0.15) is 28.8 Å². The number of carbonyl (C=O) groups is 1. The molecule has 3 heteroatoms. The highest BCUT2D eigenvalue weighted by Gasteiger charge is 2.35. The third-order valence-corrected chi connectivity index (χ3v) is 4.84. The number of para-hydroxylation sites is 1. The number of Topliss-reactive ketones (excluding diaryl/α,β-unsaturated/α-hetero) is 1. The Labute approximate surface area is 133 Å². The van der Waals surface area contributed by atoms with Crippen LogP contribution in [0.2, 0.25) is 0 Å². The molecule has 1 aliphatic carbocycles. The maximum absolute atomic E-state index is 12.5. The summed E-state index contributed by atoms with van der Waals surface area (Å²) in [7, 11) is 0. The van der Waals surface area contributed by atoms with E-state index in [-0.39, 0.29) is 10.6 Å². The number of hydrogen-bond donors (Lipinski definition) is 0. The Bertz CT molecular complexity index is 620. The van der Waals surface area contributed by atoms with Gasteiger partial charge in [-0.05, 0) is 36.5 Å². The Hall–Kier alpha value is -1.61. The molecule has 2 aromatic carbocycles. The third-order valence-electron chi connectivity index (χ3n) is 3.68. The highest BCUT2D eigenvalue weighted by atomic mass is 79.9. The number of carbonyl (C=O) groups excluding carboxylic acids is 1. The van der Waals surface area contributed by atoms with E-state index in [4.69, 9.17) is 4.74 Å². The Morgan fingerprint density at radius 3 is 2.48 bits per heavy atom. The minimum atomic E-state index is -0.0843. The second kappa shape index (κ2) is 6.44. The molecule has 1 unspecified atom stereocenters. The zero-order chi connectivity index (χ0) is 14.7. The van der Waals surface area contributed by atoms with Crippen molar-refractivity contribution >= 4 is 21.7 Å². The van der Waals surface area contributed by atoms with Gasteiger partial charge < -0.3 is 4.74 Å². The number of hydrogen-bond acceptors (Lipinski definition) is 2. The molecule has 0 aromatic heterocycles. The molecular formula is C18H17BrO2. The number of ether oxygens (including phenoxy) is 1. The molecular weight excluding hydrogens is 328 g/mol. The monoisotopic (exact) mass is 344 g/mol. The van der Waals surface area contributed by atoms with Gasteiger partial charge in [-0.1, -0.05) is 58.4 Å². The van der Waals surface area contributed by atoms with Gasteiger partial charge >= 0.3 is 0 Å². The Morgan fingerprint density at radius 2 is 1.76 bits per heavy atom. The normalized spacial score (nSPS) is 15.5. The fourth-order valence-electron chi connectivity index (χ4n) is 2.28. The first kappa shape index (κ1) is 14.3. The SMILES string of the molecule is O=C(c1ccccc1OCc1ccccc1)C(Br)C1CC1. The van der Waals surface area contributed by atoms with Crippen molar-refractivity contribution in [2.24, 2.45) is 5.92 Å². The maximum Gasteiger partial charge on any atom is 0.180 e. The lowest BCUT2D eigenvalue weighted by Crippen LogP contribution is -2.17. The molecule has 0 saturated heterocycles. The van der Waals surface area contributed by atoms with Gasteiger partial charge in [0.2, 0.25) is 0 Å². The molecule has 0 heterocycles. The minimum Gasteiger partial charge on any atom is -0.488 e. The van der Waals surface area contributed by atoms with Gasteiger partial charge in [0, 0.05) is 0 Å². The van der Waals surface area contributed by atoms with Gasteiger partial charge in [0.15, 0.2) is 5.78 Å². The van der Waals surface area contributed by atoms with E-state index < -0.39 is 0 Å². The fourth-order valence-corrected chi connectivity index (χ4v) is 3.06. The second-order valence-electron chi connectivity index (χ2n) is 5.37. The van der Waals surface area contributed by atoms with Gasteiger partial charge in [-0.3, -0.25) is 4.79 Å². The van der Waals surface area contributed by atoms with E-state index in [0.29, 0.717) is 23.8 Å². The summed E-state index contributed by atoms with van der Waals surface area (Å²) in [5.41, 5.74) is 1.76. The Balaban J connectivity index is 1.74. The molecule has 1 aliphatic rings. The quantitative estimate of drug-likeness (QED) is 0.564. The van der Waals surface area contributed by atoms with E-state index in [1.54, 1.807) is 0 Å². The van der Waals surface area contributed by atoms with Gasteiger partial charge in [-0.2, -0.15) is 0 Å². The molecule has 0 radical (unpaired) electrons. The largest absolute Gasteiger partial charge is 0.488 e. The summed E-state index contributed by atoms with van der Waals surface area (Å²) >= 11 is 3.53. The van der Waals surface area contributed by atoms with Crippen molar-refractivity contribution in [2.75, 3.05) is 0 Å². The van der Waals surface area contributed by atoms with Gasteiger partial charge in [-0.15, -0.1) is 0 Å². The van der Waals surface area contributed by atoms with Gasteiger partial charge in [0.25, 0.3) is 0 Å². The van der Waals surface area contributed by atoms with E-state index in [0.717, 1.165) is 18.4 Å². The van der Waals surface area contributed by atoms with Crippen LogP contribution in [-0.4, -0.2) is 10.6 Å². The van der Waals surface area contributed by atoms with E-state index in [2.05, 4.69) is 15.9 Å². The molecule has 0 bridgehead atoms. The van der Waals surface area contributed by atoms with Gasteiger partial charge in [0.05, 0.1) is 10.4 Å². The van der Waals surface area contributed by atoms with Crippen molar-refractivity contribution in [1.29, 1.82) is 0 Å². The van der Waals surface area contributed by atoms with Crippen molar-refractivity contribution < 1.29 is 9.53 Å². The molecule has 0 amide bonds. The Morgan fingerprint density at radius 1 is 1.10 bits per heavy atom. The summed E-state index contributed by atoms with van der Waals surface area (Å²) < 4.78 is 5.85. The molecule has 0 N–H and O–H groups in total. The number of benzene rings is 2. The van der Waals surface area contributed by atoms with Crippen molar-refractivity contribution in [2.45, 2.75) is 24.3 Å². The first-order valence-corrected chi connectivity index (χ1v) is 8.11. The van der Waals surface area contributed by atoms with E-state index >= 15 is 0 Å². The van der Waals surface area contributed by atoms with Crippen LogP contribution < -0.4 is 4.74 Å². The summed E-state index contributed by atoms with van der Waals surface area (Å²) in [6.07, 6.45) is 2.27. The van der Waals surface area contributed by atoms with E-state index in [1.165, 1.54) is 0 Å². The molecule has 1 saturated carbocycles. The van der Waals surface area contributed by atoms with Crippen molar-refractivity contribution in [3.63, 3.8) is 0 Å². The molecule has 0 aliphatic heterocycles. The smallest absolute Gasteiger partial charge is 0.180 e. The van der Waals surface area contributed by atoms with Crippen molar-refractivity contribution in [3.05, 3.63) is 65.7 Å². The van der Waals surface area contributed by atoms with Crippen LogP contribution in [0.15, 0.2) is 54.6 Å². The molecule has 3 rings (SSSR count). The standard InChI is InChI=1S/C18H17BrO2/c19-17(14-10-11-14)18(20)15-8-4-5-9-16(15)21-12-13-6-2-1-3-7-13/h1-9,14,17H,10-12H2. The van der Waals surface area contributed by atoms with Crippen LogP contribution in [0.4, 0.5) is 0 Å². The zero-order valence-corrected chi connectivity index (χ0v) is 13.3. The van der Waals surface area contributed by atoms with E-state index in [1.807, 2.05) is 54.6 Å². The molecule has 2 aromatic rings. The van der Waals surface area contributed by atoms with Crippen molar-refractivity contribution in [3.8, 4) is 5.75 Å². The average Bonchev–Trinajstić information content (AvgIpc) is 3.38. The second-order valence-corrected chi connectivity index (χ2v) is 6.36. The van der Waals surface area contributed by atoms with E-state index in [9.17, 15) is 4.79 Å². The van der Waals surface area contributed by atoms with Gasteiger partial charge in [0.1, 0.15) is 12.4 Å². The van der Waals surface area contributed by atoms with Crippen LogP contribution >= 0.6 is 15.9 Å². The summed E-state index contributed by atoms with van der Waals surface area (Å²) in [5.74, 6) is 1.28. The summed E-state index contributed by atoms with van der Waals surface area (Å²) in [5, 5.41) is 0. The fraction of sp³-hybridized carbons (Fsp3) is 0.278. The highest BCUT2D eigenvalue weighted by Crippen LogP contribution is 2.39. The van der Waals surface area contributed by atoms with Crippen LogP contribution in [0, 0.1) is 5.92 Å². The summed E-state index contributed by atoms with van der Waals surface area (Å²) in [4.78, 5) is 12.4. The topological polar surface area (TPSA) is 26.3 Å². The lowest BCUT2D eigenvalue weighted by Gasteiger charge is -2.13. The molecule has 1 fully saturated rings. The summed E-state index contributed by atoms with van der Waals surface area (Å²) in [6.45, 7) is 0.474. The van der Waals surface area contributed by atoms with Crippen molar-refractivity contribution in [1.82, 2.24) is 0 Å². The molecule has 2 nitrogen and oxygen atoms in total. The first-order valence-electron chi connectivity index (χ1n) is 7.20.